The first kappa shape index (κ1) is 12.3. The van der Waals surface area contributed by atoms with Gasteiger partial charge >= 0.3 is 6.01 Å². The van der Waals surface area contributed by atoms with Crippen molar-refractivity contribution in [3.8, 4) is 0 Å². The molecular weight excluding hydrogens is 218 g/mol. The molecule has 0 radical (unpaired) electrons. The molecule has 0 N–H and O–H groups in total. The second kappa shape index (κ2) is 5.92. The van der Waals surface area contributed by atoms with Gasteiger partial charge in [-0.05, 0) is 13.8 Å². The molecule has 86 valence electrons. The Balaban J connectivity index is 2.72. The molecule has 0 saturated carbocycles. The van der Waals surface area contributed by atoms with E-state index in [0.717, 1.165) is 6.54 Å². The molecule has 15 heavy (non-hydrogen) atoms. The fourth-order valence-corrected chi connectivity index (χ4v) is 1.49. The molecule has 6 heteroatoms. The van der Waals surface area contributed by atoms with Gasteiger partial charge in [-0.15, -0.1) is 16.7 Å². The SMILES string of the molecule is CCN(c1nnc(CCl)o1)C(C)COC. The van der Waals surface area contributed by atoms with Gasteiger partial charge in [-0.3, -0.25) is 0 Å². The lowest BCUT2D eigenvalue weighted by atomic mass is 10.3. The third-order valence-electron chi connectivity index (χ3n) is 2.10. The van der Waals surface area contributed by atoms with Crippen LogP contribution in [0.3, 0.4) is 0 Å². The van der Waals surface area contributed by atoms with E-state index in [1.165, 1.54) is 0 Å². The van der Waals surface area contributed by atoms with Crippen LogP contribution in [0.2, 0.25) is 0 Å². The average Bonchev–Trinajstić information content (AvgIpc) is 2.68. The van der Waals surface area contributed by atoms with Crippen LogP contribution in [-0.4, -0.2) is 36.5 Å². The van der Waals surface area contributed by atoms with Gasteiger partial charge in [-0.1, -0.05) is 5.10 Å². The van der Waals surface area contributed by atoms with E-state index < -0.39 is 0 Å². The minimum absolute atomic E-state index is 0.198. The van der Waals surface area contributed by atoms with Crippen molar-refractivity contribution in [2.45, 2.75) is 25.8 Å². The first-order valence-corrected chi connectivity index (χ1v) is 5.40. The van der Waals surface area contributed by atoms with Crippen molar-refractivity contribution in [2.24, 2.45) is 0 Å². The summed E-state index contributed by atoms with van der Waals surface area (Å²) < 4.78 is 10.5. The second-order valence-electron chi connectivity index (χ2n) is 3.20. The predicted octanol–water partition coefficient (Wildman–Crippen LogP) is 1.67. The number of halogens is 1. The average molecular weight is 234 g/mol. The molecule has 1 rings (SSSR count). The maximum Gasteiger partial charge on any atom is 0.318 e. The molecule has 5 nitrogen and oxygen atoms in total. The van der Waals surface area contributed by atoms with Crippen LogP contribution < -0.4 is 4.90 Å². The fourth-order valence-electron chi connectivity index (χ4n) is 1.38. The Morgan fingerprint density at radius 2 is 2.27 bits per heavy atom. The van der Waals surface area contributed by atoms with E-state index >= 15 is 0 Å². The fraction of sp³-hybridized carbons (Fsp3) is 0.778. The minimum atomic E-state index is 0.198. The number of ether oxygens (including phenoxy) is 1. The van der Waals surface area contributed by atoms with E-state index in [4.69, 9.17) is 20.8 Å². The van der Waals surface area contributed by atoms with E-state index in [2.05, 4.69) is 10.2 Å². The summed E-state index contributed by atoms with van der Waals surface area (Å²) in [5, 5.41) is 7.75. The zero-order chi connectivity index (χ0) is 11.3. The third-order valence-corrected chi connectivity index (χ3v) is 2.33. The molecule has 0 amide bonds. The summed E-state index contributed by atoms with van der Waals surface area (Å²) in [5.74, 6) is 0.679. The number of aromatic nitrogens is 2. The van der Waals surface area contributed by atoms with E-state index in [1.807, 2.05) is 18.7 Å². The highest BCUT2D eigenvalue weighted by atomic mass is 35.5. The smallest absolute Gasteiger partial charge is 0.318 e. The van der Waals surface area contributed by atoms with Crippen molar-refractivity contribution in [3.63, 3.8) is 0 Å². The third kappa shape index (κ3) is 3.07. The van der Waals surface area contributed by atoms with Crippen LogP contribution in [0.15, 0.2) is 4.42 Å². The van der Waals surface area contributed by atoms with Gasteiger partial charge in [0, 0.05) is 13.7 Å². The minimum Gasteiger partial charge on any atom is -0.407 e. The van der Waals surface area contributed by atoms with Crippen molar-refractivity contribution in [1.29, 1.82) is 0 Å². The highest BCUT2D eigenvalue weighted by Gasteiger charge is 2.18. The van der Waals surface area contributed by atoms with E-state index in [9.17, 15) is 0 Å². The Morgan fingerprint density at radius 1 is 1.53 bits per heavy atom. The van der Waals surface area contributed by atoms with Crippen molar-refractivity contribution < 1.29 is 9.15 Å². The number of alkyl halides is 1. The molecule has 1 heterocycles. The molecule has 1 aromatic heterocycles. The maximum atomic E-state index is 5.59. The second-order valence-corrected chi connectivity index (χ2v) is 3.47. The number of hydrogen-bond acceptors (Lipinski definition) is 5. The predicted molar refractivity (Wildman–Crippen MR) is 58.2 cm³/mol. The van der Waals surface area contributed by atoms with Gasteiger partial charge in [-0.2, -0.15) is 0 Å². The van der Waals surface area contributed by atoms with Crippen molar-refractivity contribution in [3.05, 3.63) is 5.89 Å². The van der Waals surface area contributed by atoms with Gasteiger partial charge in [0.2, 0.25) is 5.89 Å². The number of likely N-dealkylation sites (N-methyl/N-ethyl adjacent to an activating group) is 1. The zero-order valence-electron chi connectivity index (χ0n) is 9.23. The first-order valence-electron chi connectivity index (χ1n) is 4.86. The normalized spacial score (nSPS) is 12.8. The molecule has 0 aliphatic rings. The summed E-state index contributed by atoms with van der Waals surface area (Å²) in [4.78, 5) is 1.98. The van der Waals surface area contributed by atoms with Crippen LogP contribution >= 0.6 is 11.6 Å². The van der Waals surface area contributed by atoms with Gasteiger partial charge in [0.25, 0.3) is 0 Å². The van der Waals surface area contributed by atoms with Gasteiger partial charge in [0.1, 0.15) is 5.88 Å². The standard InChI is InChI=1S/C9H16ClN3O2/c1-4-13(7(2)6-14-3)9-12-11-8(5-10)15-9/h7H,4-6H2,1-3H3. The number of anilines is 1. The molecule has 0 spiro atoms. The molecule has 0 aliphatic carbocycles. The van der Waals surface area contributed by atoms with Crippen LogP contribution in [-0.2, 0) is 10.6 Å². The summed E-state index contributed by atoms with van der Waals surface area (Å²) >= 11 is 5.59. The largest absolute Gasteiger partial charge is 0.407 e. The molecule has 0 fully saturated rings. The Bertz CT molecular complexity index is 293. The number of methoxy groups -OCH3 is 1. The van der Waals surface area contributed by atoms with Gasteiger partial charge in [0.15, 0.2) is 0 Å². The maximum absolute atomic E-state index is 5.59. The van der Waals surface area contributed by atoms with Crippen molar-refractivity contribution in [1.82, 2.24) is 10.2 Å². The number of rotatable bonds is 6. The summed E-state index contributed by atoms with van der Waals surface area (Å²) in [6.07, 6.45) is 0. The Kier molecular flexibility index (Phi) is 4.84. The highest BCUT2D eigenvalue weighted by molar-refractivity contribution is 6.16. The summed E-state index contributed by atoms with van der Waals surface area (Å²) in [6.45, 7) is 5.47. The Hall–Kier alpha value is -0.810. The number of nitrogens with zero attached hydrogens (tertiary/aromatic N) is 3. The lowest BCUT2D eigenvalue weighted by Crippen LogP contribution is -2.36. The molecule has 1 aromatic rings. The summed E-state index contributed by atoms with van der Waals surface area (Å²) in [5.41, 5.74) is 0. The van der Waals surface area contributed by atoms with Crippen LogP contribution in [0.5, 0.6) is 0 Å². The molecule has 1 atom stereocenters. The molecule has 0 saturated heterocycles. The molecule has 0 aromatic carbocycles. The van der Waals surface area contributed by atoms with Crippen molar-refractivity contribution >= 4 is 17.6 Å². The number of hydrogen-bond donors (Lipinski definition) is 0. The van der Waals surface area contributed by atoms with Crippen LogP contribution in [0.4, 0.5) is 6.01 Å². The van der Waals surface area contributed by atoms with Crippen LogP contribution in [0, 0.1) is 0 Å². The topological polar surface area (TPSA) is 51.4 Å². The van der Waals surface area contributed by atoms with E-state index in [1.54, 1.807) is 7.11 Å². The zero-order valence-corrected chi connectivity index (χ0v) is 9.99. The van der Waals surface area contributed by atoms with Crippen LogP contribution in [0.25, 0.3) is 0 Å². The molecule has 1 unspecified atom stereocenters. The van der Waals surface area contributed by atoms with E-state index in [-0.39, 0.29) is 11.9 Å². The van der Waals surface area contributed by atoms with Gasteiger partial charge in [0.05, 0.1) is 12.6 Å². The van der Waals surface area contributed by atoms with Gasteiger partial charge < -0.3 is 14.1 Å². The first-order chi connectivity index (χ1) is 7.22. The van der Waals surface area contributed by atoms with Crippen molar-refractivity contribution in [2.75, 3.05) is 25.2 Å². The summed E-state index contributed by atoms with van der Waals surface area (Å²) in [6, 6.07) is 0.696. The molecular formula is C9H16ClN3O2. The van der Waals surface area contributed by atoms with Gasteiger partial charge in [-0.25, -0.2) is 0 Å². The molecule has 0 aliphatic heterocycles. The quantitative estimate of drug-likeness (QED) is 0.700. The van der Waals surface area contributed by atoms with E-state index in [0.29, 0.717) is 18.5 Å². The summed E-state index contributed by atoms with van der Waals surface area (Å²) in [7, 11) is 1.67. The Labute approximate surface area is 94.4 Å². The monoisotopic (exact) mass is 233 g/mol. The Morgan fingerprint density at radius 3 is 2.73 bits per heavy atom. The lowest BCUT2D eigenvalue weighted by molar-refractivity contribution is 0.180. The molecule has 0 bridgehead atoms. The lowest BCUT2D eigenvalue weighted by Gasteiger charge is -2.24. The van der Waals surface area contributed by atoms with Crippen LogP contribution in [0.1, 0.15) is 19.7 Å². The highest BCUT2D eigenvalue weighted by Crippen LogP contribution is 2.16.